The van der Waals surface area contributed by atoms with Gasteiger partial charge in [-0.3, -0.25) is 0 Å². The summed E-state index contributed by atoms with van der Waals surface area (Å²) in [5, 5.41) is 0. The van der Waals surface area contributed by atoms with Crippen LogP contribution in [0, 0.1) is 0 Å². The second kappa shape index (κ2) is 16.0. The Kier molecular flexibility index (Phi) is 13.0. The fraction of sp³-hybridized carbons (Fsp3) is 0.396. The monoisotopic (exact) mass is 793 g/mol. The minimum atomic E-state index is -1.34. The number of halogens is 2. The molecule has 267 valence electrons. The molecule has 0 aliphatic heterocycles. The minimum Gasteiger partial charge on any atom is -1.00 e. The van der Waals surface area contributed by atoms with Crippen molar-refractivity contribution in [3.63, 3.8) is 0 Å². The molecule has 0 fully saturated rings. The number of benzene rings is 4. The van der Waals surface area contributed by atoms with Crippen LogP contribution in [0.2, 0.25) is 0 Å². The van der Waals surface area contributed by atoms with Crippen molar-refractivity contribution >= 4 is 8.78 Å². The third-order valence-electron chi connectivity index (χ3n) is 10.6. The van der Waals surface area contributed by atoms with Crippen molar-refractivity contribution in [1.29, 1.82) is 0 Å². The first-order valence-electron chi connectivity index (χ1n) is 18.6. The van der Waals surface area contributed by atoms with Crippen molar-refractivity contribution in [3.05, 3.63) is 147 Å². The van der Waals surface area contributed by atoms with Crippen molar-refractivity contribution in [3.8, 4) is 11.1 Å². The molecule has 0 bridgehead atoms. The van der Waals surface area contributed by atoms with Crippen LogP contribution in [-0.4, -0.2) is 3.21 Å². The zero-order valence-corrected chi connectivity index (χ0v) is 36.9. The molecular weight excluding hydrogens is 739 g/mol. The Morgan fingerprint density at radius 3 is 1.63 bits per heavy atom. The van der Waals surface area contributed by atoms with Crippen molar-refractivity contribution in [1.82, 2.24) is 0 Å². The molecule has 0 saturated heterocycles. The molecule has 2 aliphatic carbocycles. The van der Waals surface area contributed by atoms with Gasteiger partial charge in [0.25, 0.3) is 0 Å². The SMILES string of the molecule is CC(C)c1cc(C(C)(C)C)cc2c1-c1c(C(C)C)c(C(C)C)c(C(C)(C)C)c(C3=CC=CC3)c1[CH]2[Zr+2]=[C](c1ccccc1)c1ccccc1.[Cl-].[Cl-]. The van der Waals surface area contributed by atoms with Gasteiger partial charge in [0.2, 0.25) is 0 Å². The number of rotatable bonds is 7. The molecule has 0 heterocycles. The summed E-state index contributed by atoms with van der Waals surface area (Å²) in [6.07, 6.45) is 8.14. The van der Waals surface area contributed by atoms with Crippen molar-refractivity contribution in [2.75, 3.05) is 0 Å². The second-order valence-corrected chi connectivity index (χ2v) is 20.7. The standard InChI is InChI=1S/C35H47.C13H10.2ClH.Zr/c1-20(2)26-19-25(34(7,8)9)17-24-18-27-31(23-15-13-14-16-23)33(35(10,11)12)29(22(5)6)28(21(3)4)32(27)30(24)26;1-3-7-12(8-4-1)11-13-9-5-2-6-10-13;;;/h13-15,17-22H,16H2,1-12H3;1-10H;2*1H;/q;;;;+2/p-2. The molecule has 4 aromatic carbocycles. The Bertz CT molecular complexity index is 1920. The first-order valence-corrected chi connectivity index (χ1v) is 21.3. The van der Waals surface area contributed by atoms with E-state index in [4.69, 9.17) is 0 Å². The number of hydrogen-bond acceptors (Lipinski definition) is 0. The van der Waals surface area contributed by atoms with Gasteiger partial charge in [0, 0.05) is 0 Å². The van der Waals surface area contributed by atoms with Gasteiger partial charge in [0.1, 0.15) is 0 Å². The summed E-state index contributed by atoms with van der Waals surface area (Å²) in [5.74, 6) is 1.28. The molecule has 51 heavy (non-hydrogen) atoms. The first-order chi connectivity index (χ1) is 23.1. The van der Waals surface area contributed by atoms with Gasteiger partial charge < -0.3 is 24.8 Å². The van der Waals surface area contributed by atoms with Crippen molar-refractivity contribution in [2.45, 2.75) is 122 Å². The molecule has 6 rings (SSSR count). The molecular formula is C48H57Cl2Zr. The van der Waals surface area contributed by atoms with Crippen LogP contribution in [0.1, 0.15) is 167 Å². The maximum Gasteiger partial charge on any atom is -1.00 e. The third-order valence-corrected chi connectivity index (χ3v) is 14.9. The Hall–Kier alpha value is -2.31. The van der Waals surface area contributed by atoms with Gasteiger partial charge in [0.05, 0.1) is 0 Å². The molecule has 2 aliphatic rings. The maximum absolute atomic E-state index is 2.67. The summed E-state index contributed by atoms with van der Waals surface area (Å²) in [5.41, 5.74) is 20.2. The van der Waals surface area contributed by atoms with Crippen LogP contribution in [0.4, 0.5) is 0 Å². The van der Waals surface area contributed by atoms with E-state index in [1.807, 2.05) is 0 Å². The van der Waals surface area contributed by atoms with E-state index in [0.29, 0.717) is 21.4 Å². The quantitative estimate of drug-likeness (QED) is 0.183. The van der Waals surface area contributed by atoms with E-state index in [0.717, 1.165) is 6.42 Å². The molecule has 0 saturated carbocycles. The summed E-state index contributed by atoms with van der Waals surface area (Å²) >= 11 is -1.34. The van der Waals surface area contributed by atoms with Gasteiger partial charge in [-0.05, 0) is 0 Å². The smallest absolute Gasteiger partial charge is 1.00 e. The maximum atomic E-state index is 2.67. The van der Waals surface area contributed by atoms with Gasteiger partial charge >= 0.3 is 311 Å². The van der Waals surface area contributed by atoms with Crippen LogP contribution in [0.5, 0.6) is 0 Å². The first kappa shape index (κ1) is 41.4. The number of hydrogen-bond donors (Lipinski definition) is 0. The summed E-state index contributed by atoms with van der Waals surface area (Å²) in [6, 6.07) is 27.9. The van der Waals surface area contributed by atoms with Crippen LogP contribution in [0.25, 0.3) is 16.7 Å². The van der Waals surface area contributed by atoms with Gasteiger partial charge in [0.15, 0.2) is 0 Å². The van der Waals surface area contributed by atoms with Gasteiger partial charge in [-0.1, -0.05) is 0 Å². The zero-order chi connectivity index (χ0) is 35.4. The van der Waals surface area contributed by atoms with E-state index in [2.05, 4.69) is 174 Å². The topological polar surface area (TPSA) is 0 Å². The van der Waals surface area contributed by atoms with E-state index >= 15 is 0 Å². The molecule has 0 spiro atoms. The van der Waals surface area contributed by atoms with Crippen molar-refractivity contribution < 1.29 is 47.6 Å². The van der Waals surface area contributed by atoms with E-state index in [1.165, 1.54) is 27.8 Å². The van der Waals surface area contributed by atoms with Crippen LogP contribution in [-0.2, 0) is 33.6 Å². The number of fused-ring (bicyclic) bond motifs is 3. The largest absolute Gasteiger partial charge is 1.00 e. The molecule has 3 heteroatoms. The fourth-order valence-electron chi connectivity index (χ4n) is 8.40. The molecule has 4 aromatic rings. The minimum absolute atomic E-state index is 0. The van der Waals surface area contributed by atoms with Gasteiger partial charge in [-0.2, -0.15) is 0 Å². The zero-order valence-electron chi connectivity index (χ0n) is 32.9. The van der Waals surface area contributed by atoms with E-state index in [9.17, 15) is 0 Å². The van der Waals surface area contributed by atoms with E-state index < -0.39 is 22.8 Å². The van der Waals surface area contributed by atoms with Crippen molar-refractivity contribution in [2.24, 2.45) is 0 Å². The Morgan fingerprint density at radius 2 is 1.20 bits per heavy atom. The van der Waals surface area contributed by atoms with Crippen LogP contribution < -0.4 is 24.8 Å². The van der Waals surface area contributed by atoms with E-state index in [-0.39, 0.29) is 35.6 Å². The molecule has 0 aromatic heterocycles. The molecule has 1 unspecified atom stereocenters. The van der Waals surface area contributed by atoms with E-state index in [1.54, 1.807) is 47.7 Å². The fourth-order valence-corrected chi connectivity index (χ4v) is 12.8. The molecule has 0 N–H and O–H groups in total. The second-order valence-electron chi connectivity index (χ2n) is 17.4. The van der Waals surface area contributed by atoms with Gasteiger partial charge in [-0.15, -0.1) is 0 Å². The predicted octanol–water partition coefficient (Wildman–Crippen LogP) is 7.42. The normalized spacial score (nSPS) is 15.0. The molecule has 0 nitrogen and oxygen atoms in total. The third kappa shape index (κ3) is 7.84. The Labute approximate surface area is 333 Å². The average molecular weight is 796 g/mol. The molecule has 0 radical (unpaired) electrons. The van der Waals surface area contributed by atoms with Crippen LogP contribution in [0.3, 0.4) is 0 Å². The summed E-state index contributed by atoms with van der Waals surface area (Å²) in [4.78, 5) is 0. The molecule has 0 amide bonds. The summed E-state index contributed by atoms with van der Waals surface area (Å²) in [7, 11) is 0. The van der Waals surface area contributed by atoms with Crippen LogP contribution >= 0.6 is 0 Å². The molecule has 1 atom stereocenters. The Morgan fingerprint density at radius 1 is 0.647 bits per heavy atom. The predicted molar refractivity (Wildman–Crippen MR) is 211 cm³/mol. The average Bonchev–Trinajstić information content (AvgIpc) is 3.69. The Balaban J connectivity index is 0.00000292. The van der Waals surface area contributed by atoms with Gasteiger partial charge in [-0.25, -0.2) is 0 Å². The summed E-state index contributed by atoms with van der Waals surface area (Å²) < 4.78 is 2.00. The van der Waals surface area contributed by atoms with Crippen LogP contribution in [0.15, 0.2) is 91.0 Å². The number of allylic oxidation sites excluding steroid dienone is 4. The summed E-state index contributed by atoms with van der Waals surface area (Å²) in [6.45, 7) is 29.3.